The lowest BCUT2D eigenvalue weighted by molar-refractivity contribution is -0.120. The number of amides is 1. The number of nitrogens with one attached hydrogen (secondary N) is 1. The maximum Gasteiger partial charge on any atom is 0.226 e. The van der Waals surface area contributed by atoms with Crippen molar-refractivity contribution in [3.8, 4) is 10.6 Å². The highest BCUT2D eigenvalue weighted by atomic mass is 35.5. The number of hydrogen-bond acceptors (Lipinski definition) is 4. The van der Waals surface area contributed by atoms with Gasteiger partial charge in [0.15, 0.2) is 0 Å². The van der Waals surface area contributed by atoms with Gasteiger partial charge in [0.25, 0.3) is 0 Å². The van der Waals surface area contributed by atoms with E-state index in [0.29, 0.717) is 29.4 Å². The summed E-state index contributed by atoms with van der Waals surface area (Å²) in [5.74, 6) is -0.431. The summed E-state index contributed by atoms with van der Waals surface area (Å²) < 4.78 is 15.9. The Morgan fingerprint density at radius 1 is 1.23 bits per heavy atom. The summed E-state index contributed by atoms with van der Waals surface area (Å²) in [6, 6.07) is 12.3. The molecule has 0 atom stereocenters. The summed E-state index contributed by atoms with van der Waals surface area (Å²) in [6.45, 7) is 0.703. The average Bonchev–Trinajstić information content (AvgIpc) is 3.41. The lowest BCUT2D eigenvalue weighted by atomic mass is 10.1. The number of imidazole rings is 1. The van der Waals surface area contributed by atoms with E-state index < -0.39 is 0 Å². The topological polar surface area (TPSA) is 59.8 Å². The fraction of sp³-hybridized carbons (Fsp3) is 0.136. The molecule has 30 heavy (non-hydrogen) atoms. The van der Waals surface area contributed by atoms with Crippen LogP contribution in [0.25, 0.3) is 10.6 Å². The molecule has 0 fully saturated rings. The quantitative estimate of drug-likeness (QED) is 0.453. The average molecular weight is 441 g/mol. The highest BCUT2D eigenvalue weighted by Crippen LogP contribution is 2.30. The summed E-state index contributed by atoms with van der Waals surface area (Å²) in [6.07, 6.45) is 5.24. The molecule has 0 unspecified atom stereocenters. The maximum atomic E-state index is 14.1. The Morgan fingerprint density at radius 2 is 2.10 bits per heavy atom. The summed E-state index contributed by atoms with van der Waals surface area (Å²) in [4.78, 5) is 20.8. The van der Waals surface area contributed by atoms with Gasteiger partial charge in [0.2, 0.25) is 5.91 Å². The summed E-state index contributed by atoms with van der Waals surface area (Å²) in [5.41, 5.74) is 2.92. The monoisotopic (exact) mass is 440 g/mol. The number of carbonyl (C=O) groups excluding carboxylic acids is 1. The predicted octanol–water partition coefficient (Wildman–Crippen LogP) is 4.71. The Labute approximate surface area is 182 Å². The molecule has 0 radical (unpaired) electrons. The zero-order valence-electron chi connectivity index (χ0n) is 15.9. The van der Waals surface area contributed by atoms with Gasteiger partial charge in [-0.3, -0.25) is 4.79 Å². The molecule has 152 valence electrons. The van der Waals surface area contributed by atoms with Gasteiger partial charge in [0, 0.05) is 35.4 Å². The van der Waals surface area contributed by atoms with Gasteiger partial charge < -0.3 is 9.88 Å². The van der Waals surface area contributed by atoms with Crippen molar-refractivity contribution in [3.05, 3.63) is 94.2 Å². The van der Waals surface area contributed by atoms with Crippen LogP contribution in [0.4, 0.5) is 4.39 Å². The van der Waals surface area contributed by atoms with Crippen LogP contribution in [0.2, 0.25) is 5.02 Å². The second-order valence-electron chi connectivity index (χ2n) is 6.74. The SMILES string of the molecule is O=C(Cc1csc(-c2ccccc2Cl)n1)NCc1ccc(F)c(Cn2ccnc2)c1. The van der Waals surface area contributed by atoms with Crippen LogP contribution in [0.15, 0.2) is 66.6 Å². The van der Waals surface area contributed by atoms with Gasteiger partial charge in [-0.2, -0.15) is 0 Å². The Kier molecular flexibility index (Phi) is 6.21. The molecule has 0 bridgehead atoms. The second kappa shape index (κ2) is 9.19. The van der Waals surface area contributed by atoms with Crippen molar-refractivity contribution in [1.82, 2.24) is 19.9 Å². The first-order chi connectivity index (χ1) is 14.6. The number of nitrogens with zero attached hydrogens (tertiary/aromatic N) is 3. The van der Waals surface area contributed by atoms with Gasteiger partial charge in [-0.1, -0.05) is 35.9 Å². The van der Waals surface area contributed by atoms with E-state index in [1.807, 2.05) is 29.6 Å². The third kappa shape index (κ3) is 4.93. The molecule has 1 N–H and O–H groups in total. The Bertz CT molecular complexity index is 1160. The van der Waals surface area contributed by atoms with E-state index in [1.54, 1.807) is 35.4 Å². The summed E-state index contributed by atoms with van der Waals surface area (Å²) in [7, 11) is 0. The number of carbonyl (C=O) groups is 1. The lowest BCUT2D eigenvalue weighted by Gasteiger charge is -2.09. The van der Waals surface area contributed by atoms with Gasteiger partial charge in [0.1, 0.15) is 10.8 Å². The van der Waals surface area contributed by atoms with Crippen molar-refractivity contribution in [2.75, 3.05) is 0 Å². The number of rotatable bonds is 7. The smallest absolute Gasteiger partial charge is 0.226 e. The van der Waals surface area contributed by atoms with Gasteiger partial charge >= 0.3 is 0 Å². The molecule has 0 saturated carbocycles. The Balaban J connectivity index is 1.36. The zero-order valence-corrected chi connectivity index (χ0v) is 17.5. The number of thiazole rings is 1. The molecular formula is C22H18ClFN4OS. The van der Waals surface area contributed by atoms with Crippen molar-refractivity contribution in [2.45, 2.75) is 19.5 Å². The van der Waals surface area contributed by atoms with Crippen molar-refractivity contribution < 1.29 is 9.18 Å². The summed E-state index contributed by atoms with van der Waals surface area (Å²) >= 11 is 7.67. The van der Waals surface area contributed by atoms with E-state index in [0.717, 1.165) is 16.1 Å². The molecule has 8 heteroatoms. The predicted molar refractivity (Wildman–Crippen MR) is 116 cm³/mol. The van der Waals surface area contributed by atoms with Gasteiger partial charge in [-0.15, -0.1) is 11.3 Å². The molecule has 0 aliphatic carbocycles. The first-order valence-corrected chi connectivity index (χ1v) is 10.5. The number of aromatic nitrogens is 3. The molecule has 2 heterocycles. The summed E-state index contributed by atoms with van der Waals surface area (Å²) in [5, 5.41) is 6.15. The fourth-order valence-electron chi connectivity index (χ4n) is 3.01. The maximum absolute atomic E-state index is 14.1. The Morgan fingerprint density at radius 3 is 2.90 bits per heavy atom. The molecule has 2 aromatic heterocycles. The van der Waals surface area contributed by atoms with Gasteiger partial charge in [-0.25, -0.2) is 14.4 Å². The molecule has 4 rings (SSSR count). The van der Waals surface area contributed by atoms with Crippen LogP contribution >= 0.6 is 22.9 Å². The second-order valence-corrected chi connectivity index (χ2v) is 8.00. The highest BCUT2D eigenvalue weighted by molar-refractivity contribution is 7.13. The zero-order chi connectivity index (χ0) is 20.9. The van der Waals surface area contributed by atoms with Gasteiger partial charge in [-0.05, 0) is 23.8 Å². The van der Waals surface area contributed by atoms with Crippen molar-refractivity contribution in [1.29, 1.82) is 0 Å². The third-order valence-corrected chi connectivity index (χ3v) is 5.76. The molecule has 2 aromatic carbocycles. The molecule has 0 aliphatic rings. The number of hydrogen-bond donors (Lipinski definition) is 1. The van der Waals surface area contributed by atoms with Crippen LogP contribution in [-0.4, -0.2) is 20.4 Å². The minimum absolute atomic E-state index is 0.147. The van der Waals surface area contributed by atoms with E-state index in [2.05, 4.69) is 15.3 Å². The van der Waals surface area contributed by atoms with E-state index in [9.17, 15) is 9.18 Å². The Hall–Kier alpha value is -3.03. The number of halogens is 2. The number of benzene rings is 2. The van der Waals surface area contributed by atoms with E-state index in [-0.39, 0.29) is 18.1 Å². The molecule has 0 saturated heterocycles. The molecule has 0 aliphatic heterocycles. The molecule has 1 amide bonds. The van der Waals surface area contributed by atoms with E-state index in [4.69, 9.17) is 11.6 Å². The van der Waals surface area contributed by atoms with Crippen molar-refractivity contribution >= 4 is 28.8 Å². The lowest BCUT2D eigenvalue weighted by Crippen LogP contribution is -2.24. The van der Waals surface area contributed by atoms with Crippen molar-refractivity contribution in [2.24, 2.45) is 0 Å². The first kappa shape index (κ1) is 20.3. The molecular weight excluding hydrogens is 423 g/mol. The van der Waals surface area contributed by atoms with Crippen LogP contribution in [0.1, 0.15) is 16.8 Å². The molecule has 4 aromatic rings. The standard InChI is InChI=1S/C22H18ClFN4OS/c23-19-4-2-1-3-18(19)22-27-17(13-30-22)10-21(29)26-11-15-5-6-20(24)16(9-15)12-28-8-7-25-14-28/h1-9,13-14H,10-12H2,(H,26,29). The van der Waals surface area contributed by atoms with Crippen LogP contribution < -0.4 is 5.32 Å². The largest absolute Gasteiger partial charge is 0.352 e. The third-order valence-electron chi connectivity index (χ3n) is 4.51. The highest BCUT2D eigenvalue weighted by Gasteiger charge is 2.11. The van der Waals surface area contributed by atoms with Crippen LogP contribution in [0.5, 0.6) is 0 Å². The minimum atomic E-state index is -0.284. The fourth-order valence-corrected chi connectivity index (χ4v) is 4.15. The molecule has 5 nitrogen and oxygen atoms in total. The van der Waals surface area contributed by atoms with E-state index in [1.165, 1.54) is 17.4 Å². The van der Waals surface area contributed by atoms with E-state index >= 15 is 0 Å². The van der Waals surface area contributed by atoms with Crippen molar-refractivity contribution in [3.63, 3.8) is 0 Å². The minimum Gasteiger partial charge on any atom is -0.352 e. The van der Waals surface area contributed by atoms with Crippen LogP contribution in [0, 0.1) is 5.82 Å². The van der Waals surface area contributed by atoms with Gasteiger partial charge in [0.05, 0.1) is 30.0 Å². The normalized spacial score (nSPS) is 10.9. The molecule has 0 spiro atoms. The van der Waals surface area contributed by atoms with Crippen LogP contribution in [0.3, 0.4) is 0 Å². The first-order valence-electron chi connectivity index (χ1n) is 9.27. The van der Waals surface area contributed by atoms with Crippen LogP contribution in [-0.2, 0) is 24.3 Å².